The van der Waals surface area contributed by atoms with Crippen LogP contribution in [0.2, 0.25) is 0 Å². The van der Waals surface area contributed by atoms with Crippen LogP contribution in [0.3, 0.4) is 0 Å². The first kappa shape index (κ1) is 16.8. The normalized spacial score (nSPS) is 22.1. The van der Waals surface area contributed by atoms with Crippen LogP contribution < -0.4 is 18.9 Å². The maximum Gasteiger partial charge on any atom is 0.231 e. The van der Waals surface area contributed by atoms with Gasteiger partial charge < -0.3 is 18.9 Å². The summed E-state index contributed by atoms with van der Waals surface area (Å²) in [5.41, 5.74) is 5.60. The van der Waals surface area contributed by atoms with Crippen molar-refractivity contribution in [3.05, 3.63) is 46.5 Å². The molecular weight excluding hydrogens is 340 g/mol. The molecule has 1 aliphatic heterocycles. The Labute approximate surface area is 160 Å². The van der Waals surface area contributed by atoms with Crippen LogP contribution in [0, 0.1) is 5.92 Å². The van der Waals surface area contributed by atoms with Crippen molar-refractivity contribution in [3.8, 4) is 23.0 Å². The van der Waals surface area contributed by atoms with E-state index in [4.69, 9.17) is 18.9 Å². The topological polar surface area (TPSA) is 36.9 Å². The molecule has 0 fully saturated rings. The smallest absolute Gasteiger partial charge is 0.231 e. The maximum atomic E-state index is 6.18. The minimum absolute atomic E-state index is 0.134. The van der Waals surface area contributed by atoms with Crippen LogP contribution in [0.5, 0.6) is 23.0 Å². The van der Waals surface area contributed by atoms with E-state index < -0.39 is 0 Å². The summed E-state index contributed by atoms with van der Waals surface area (Å²) < 4.78 is 23.0. The predicted molar refractivity (Wildman–Crippen MR) is 103 cm³/mol. The highest BCUT2D eigenvalue weighted by atomic mass is 16.7. The SMILES string of the molecule is COc1ccc2c(c1OC(C)C)C[C@@H]1CCc3cc4c(cc3C1C2)OCO4. The molecule has 0 aromatic heterocycles. The lowest BCUT2D eigenvalue weighted by Gasteiger charge is -2.39. The van der Waals surface area contributed by atoms with Crippen LogP contribution in [-0.2, 0) is 19.3 Å². The fourth-order valence-electron chi connectivity index (χ4n) is 4.97. The molecular formula is C23H26O4. The molecule has 2 aliphatic carbocycles. The molecule has 1 unspecified atom stereocenters. The van der Waals surface area contributed by atoms with Gasteiger partial charge in [0, 0.05) is 5.56 Å². The highest BCUT2D eigenvalue weighted by Crippen LogP contribution is 2.50. The number of hydrogen-bond donors (Lipinski definition) is 0. The quantitative estimate of drug-likeness (QED) is 0.792. The molecule has 1 heterocycles. The van der Waals surface area contributed by atoms with E-state index in [2.05, 4.69) is 38.1 Å². The molecule has 2 aromatic rings. The number of rotatable bonds is 3. The molecule has 0 N–H and O–H groups in total. The zero-order valence-electron chi connectivity index (χ0n) is 16.2. The average Bonchev–Trinajstić information content (AvgIpc) is 3.12. The third kappa shape index (κ3) is 2.73. The Hall–Kier alpha value is -2.36. The Morgan fingerprint density at radius 2 is 1.85 bits per heavy atom. The van der Waals surface area contributed by atoms with Crippen LogP contribution in [0.1, 0.15) is 48.4 Å². The van der Waals surface area contributed by atoms with Crippen LogP contribution in [0.4, 0.5) is 0 Å². The summed E-state index contributed by atoms with van der Waals surface area (Å²) >= 11 is 0. The van der Waals surface area contributed by atoms with Crippen molar-refractivity contribution in [2.24, 2.45) is 5.92 Å². The van der Waals surface area contributed by atoms with Crippen LogP contribution >= 0.6 is 0 Å². The number of hydrogen-bond acceptors (Lipinski definition) is 4. The van der Waals surface area contributed by atoms with E-state index in [0.717, 1.165) is 42.3 Å². The predicted octanol–water partition coefficient (Wildman–Crippen LogP) is 4.66. The summed E-state index contributed by atoms with van der Waals surface area (Å²) in [6, 6.07) is 8.71. The summed E-state index contributed by atoms with van der Waals surface area (Å²) in [4.78, 5) is 0. The zero-order chi connectivity index (χ0) is 18.5. The van der Waals surface area contributed by atoms with E-state index in [1.54, 1.807) is 7.11 Å². The molecule has 2 atom stereocenters. The van der Waals surface area contributed by atoms with Gasteiger partial charge in [-0.1, -0.05) is 6.07 Å². The Kier molecular flexibility index (Phi) is 3.96. The van der Waals surface area contributed by atoms with Gasteiger partial charge in [-0.25, -0.2) is 0 Å². The van der Waals surface area contributed by atoms with Crippen molar-refractivity contribution in [1.82, 2.24) is 0 Å². The van der Waals surface area contributed by atoms with E-state index in [-0.39, 0.29) is 6.10 Å². The number of ether oxygens (including phenoxy) is 4. The molecule has 2 aromatic carbocycles. The number of methoxy groups -OCH3 is 1. The second-order valence-electron chi connectivity index (χ2n) is 8.12. The number of benzene rings is 2. The van der Waals surface area contributed by atoms with E-state index in [9.17, 15) is 0 Å². The second kappa shape index (κ2) is 6.36. The molecule has 0 radical (unpaired) electrons. The van der Waals surface area contributed by atoms with Gasteiger partial charge in [0.2, 0.25) is 6.79 Å². The van der Waals surface area contributed by atoms with Crippen LogP contribution in [0.25, 0.3) is 0 Å². The standard InChI is InChI=1S/C23H26O4/c1-13(2)27-23-19-9-14-4-5-16-10-21-22(26-12-25-21)11-18(16)17(14)8-15(19)6-7-20(23)24-3/h6-7,10-11,13-14,17H,4-5,8-9,12H2,1-3H3/t14-,17?/m0/s1. The summed E-state index contributed by atoms with van der Waals surface area (Å²) in [7, 11) is 1.72. The Morgan fingerprint density at radius 3 is 2.63 bits per heavy atom. The van der Waals surface area contributed by atoms with Gasteiger partial charge in [-0.15, -0.1) is 0 Å². The van der Waals surface area contributed by atoms with Gasteiger partial charge in [0.25, 0.3) is 0 Å². The lowest BCUT2D eigenvalue weighted by molar-refractivity contribution is 0.174. The van der Waals surface area contributed by atoms with Crippen LogP contribution in [0.15, 0.2) is 24.3 Å². The largest absolute Gasteiger partial charge is 0.493 e. The minimum Gasteiger partial charge on any atom is -0.493 e. The Bertz CT molecular complexity index is 886. The third-order valence-corrected chi connectivity index (χ3v) is 6.19. The van der Waals surface area contributed by atoms with Crippen molar-refractivity contribution in [3.63, 3.8) is 0 Å². The molecule has 5 rings (SSSR count). The summed E-state index contributed by atoms with van der Waals surface area (Å²) in [6.45, 7) is 4.48. The van der Waals surface area contributed by atoms with Gasteiger partial charge >= 0.3 is 0 Å². The molecule has 0 saturated heterocycles. The van der Waals surface area contributed by atoms with Crippen molar-refractivity contribution in [2.75, 3.05) is 13.9 Å². The van der Waals surface area contributed by atoms with E-state index >= 15 is 0 Å². The first-order valence-corrected chi connectivity index (χ1v) is 9.92. The molecule has 4 nitrogen and oxygen atoms in total. The Balaban J connectivity index is 1.55. The van der Waals surface area contributed by atoms with Crippen molar-refractivity contribution in [1.29, 1.82) is 0 Å². The molecule has 0 amide bonds. The molecule has 0 saturated carbocycles. The fraction of sp³-hybridized carbons (Fsp3) is 0.478. The van der Waals surface area contributed by atoms with Gasteiger partial charge in [0.15, 0.2) is 23.0 Å². The van der Waals surface area contributed by atoms with Crippen molar-refractivity contribution >= 4 is 0 Å². The van der Waals surface area contributed by atoms with Gasteiger partial charge in [0.05, 0.1) is 13.2 Å². The summed E-state index contributed by atoms with van der Waals surface area (Å²) in [6.07, 6.45) is 4.54. The highest BCUT2D eigenvalue weighted by molar-refractivity contribution is 5.56. The van der Waals surface area contributed by atoms with E-state index in [1.165, 1.54) is 28.7 Å². The van der Waals surface area contributed by atoms with E-state index in [1.807, 2.05) is 0 Å². The van der Waals surface area contributed by atoms with Gasteiger partial charge in [-0.3, -0.25) is 0 Å². The molecule has 0 spiro atoms. The molecule has 4 heteroatoms. The fourth-order valence-corrected chi connectivity index (χ4v) is 4.97. The highest BCUT2D eigenvalue weighted by Gasteiger charge is 2.37. The lowest BCUT2D eigenvalue weighted by Crippen LogP contribution is -2.29. The zero-order valence-corrected chi connectivity index (χ0v) is 16.2. The number of aryl methyl sites for hydroxylation is 1. The van der Waals surface area contributed by atoms with Gasteiger partial charge in [-0.05, 0) is 86.3 Å². The van der Waals surface area contributed by atoms with Gasteiger partial charge in [-0.2, -0.15) is 0 Å². The molecule has 0 bridgehead atoms. The summed E-state index contributed by atoms with van der Waals surface area (Å²) in [5.74, 6) is 4.77. The first-order chi connectivity index (χ1) is 13.1. The lowest BCUT2D eigenvalue weighted by atomic mass is 9.66. The monoisotopic (exact) mass is 366 g/mol. The Morgan fingerprint density at radius 1 is 1.04 bits per heavy atom. The first-order valence-electron chi connectivity index (χ1n) is 9.92. The van der Waals surface area contributed by atoms with Gasteiger partial charge in [0.1, 0.15) is 0 Å². The minimum atomic E-state index is 0.134. The second-order valence-corrected chi connectivity index (χ2v) is 8.12. The van der Waals surface area contributed by atoms with Crippen LogP contribution in [-0.4, -0.2) is 20.0 Å². The number of fused-ring (bicyclic) bond motifs is 5. The maximum absolute atomic E-state index is 6.18. The average molecular weight is 366 g/mol. The molecule has 3 aliphatic rings. The van der Waals surface area contributed by atoms with E-state index in [0.29, 0.717) is 18.6 Å². The van der Waals surface area contributed by atoms with Crippen molar-refractivity contribution in [2.45, 2.75) is 51.6 Å². The molecule has 27 heavy (non-hydrogen) atoms. The third-order valence-electron chi connectivity index (χ3n) is 6.19. The van der Waals surface area contributed by atoms with Crippen molar-refractivity contribution < 1.29 is 18.9 Å². The summed E-state index contributed by atoms with van der Waals surface area (Å²) in [5, 5.41) is 0. The molecule has 142 valence electrons.